The van der Waals surface area contributed by atoms with E-state index in [4.69, 9.17) is 0 Å². The first kappa shape index (κ1) is 21.2. The van der Waals surface area contributed by atoms with Crippen LogP contribution in [0.5, 0.6) is 0 Å². The Morgan fingerprint density at radius 3 is 2.72 bits per heavy atom. The fourth-order valence-electron chi connectivity index (χ4n) is 2.06. The van der Waals surface area contributed by atoms with Gasteiger partial charge in [0, 0.05) is 25.7 Å². The van der Waals surface area contributed by atoms with Crippen LogP contribution in [0.3, 0.4) is 0 Å². The summed E-state index contributed by atoms with van der Waals surface area (Å²) >= 11 is 1.65. The van der Waals surface area contributed by atoms with Crippen molar-refractivity contribution >= 4 is 52.6 Å². The number of nitrogens with zero attached hydrogens (tertiary/aromatic N) is 2. The highest BCUT2D eigenvalue weighted by molar-refractivity contribution is 14.0. The van der Waals surface area contributed by atoms with Gasteiger partial charge < -0.3 is 16.0 Å². The number of aliphatic imine (C=N–C) groups is 1. The van der Waals surface area contributed by atoms with Crippen molar-refractivity contribution in [1.29, 1.82) is 0 Å². The quantitative estimate of drug-likeness (QED) is 0.136. The van der Waals surface area contributed by atoms with Gasteiger partial charge in [-0.3, -0.25) is 10.1 Å². The number of anilines is 1. The molecule has 3 N–H and O–H groups in total. The van der Waals surface area contributed by atoms with E-state index in [0.29, 0.717) is 25.3 Å². The van der Waals surface area contributed by atoms with E-state index in [2.05, 4.69) is 26.3 Å². The van der Waals surface area contributed by atoms with Gasteiger partial charge >= 0.3 is 0 Å². The molecule has 0 amide bonds. The molecule has 136 valence electrons. The zero-order valence-corrected chi connectivity index (χ0v) is 17.0. The van der Waals surface area contributed by atoms with E-state index < -0.39 is 0 Å². The number of nitrogens with one attached hydrogen (secondary N) is 3. The monoisotopic (exact) mass is 475 g/mol. The van der Waals surface area contributed by atoms with Crippen LogP contribution in [0.1, 0.15) is 12.5 Å². The number of halogens is 1. The van der Waals surface area contributed by atoms with Crippen LogP contribution in [-0.2, 0) is 6.54 Å². The van der Waals surface area contributed by atoms with Crippen molar-refractivity contribution in [1.82, 2.24) is 10.6 Å². The molecule has 0 radical (unpaired) electrons. The Labute approximate surface area is 168 Å². The zero-order chi connectivity index (χ0) is 17.2. The Bertz CT molecular complexity index is 679. The molecule has 1 aromatic heterocycles. The number of thiophene rings is 1. The second kappa shape index (κ2) is 11.6. The number of guanidine groups is 1. The third kappa shape index (κ3) is 7.26. The standard InChI is InChI=1S/C16H21N5O2S.HI/c1-2-17-16(20-11-13-7-10-24-12-13)19-9-8-18-14-5-3-4-6-15(14)21(22)23;/h3-7,10,12,18H,2,8-9,11H2,1H3,(H2,17,19,20);1H. The normalized spacial score (nSPS) is 10.7. The highest BCUT2D eigenvalue weighted by Crippen LogP contribution is 2.22. The summed E-state index contributed by atoms with van der Waals surface area (Å²) in [5, 5.41) is 24.5. The van der Waals surface area contributed by atoms with Gasteiger partial charge in [0.2, 0.25) is 0 Å². The van der Waals surface area contributed by atoms with Gasteiger partial charge in [-0.25, -0.2) is 4.99 Å². The summed E-state index contributed by atoms with van der Waals surface area (Å²) in [5.74, 6) is 0.730. The topological polar surface area (TPSA) is 91.6 Å². The average Bonchev–Trinajstić information content (AvgIpc) is 3.10. The molecule has 1 heterocycles. The largest absolute Gasteiger partial charge is 0.378 e. The Hall–Kier alpha value is -1.88. The van der Waals surface area contributed by atoms with Crippen LogP contribution < -0.4 is 16.0 Å². The van der Waals surface area contributed by atoms with Gasteiger partial charge in [0.25, 0.3) is 5.69 Å². The Morgan fingerprint density at radius 2 is 2.04 bits per heavy atom. The predicted octanol–water partition coefficient (Wildman–Crippen LogP) is 3.44. The molecule has 2 aromatic rings. The Morgan fingerprint density at radius 1 is 1.24 bits per heavy atom. The van der Waals surface area contributed by atoms with E-state index in [-0.39, 0.29) is 34.6 Å². The second-order valence-corrected chi connectivity index (χ2v) is 5.73. The second-order valence-electron chi connectivity index (χ2n) is 4.95. The molecule has 0 aliphatic carbocycles. The van der Waals surface area contributed by atoms with Crippen LogP contribution in [0.4, 0.5) is 11.4 Å². The lowest BCUT2D eigenvalue weighted by atomic mass is 10.2. The molecule has 0 fully saturated rings. The van der Waals surface area contributed by atoms with Crippen LogP contribution in [0, 0.1) is 10.1 Å². The summed E-state index contributed by atoms with van der Waals surface area (Å²) in [5.41, 5.74) is 1.77. The first-order valence-electron chi connectivity index (χ1n) is 7.71. The summed E-state index contributed by atoms with van der Waals surface area (Å²) in [6.07, 6.45) is 0. The zero-order valence-electron chi connectivity index (χ0n) is 13.9. The van der Waals surface area contributed by atoms with Crippen LogP contribution in [0.2, 0.25) is 0 Å². The molecule has 2 rings (SSSR count). The van der Waals surface area contributed by atoms with Crippen molar-refractivity contribution in [2.45, 2.75) is 13.5 Å². The average molecular weight is 475 g/mol. The van der Waals surface area contributed by atoms with E-state index >= 15 is 0 Å². The SMILES string of the molecule is CCNC(=NCc1ccsc1)NCCNc1ccccc1[N+](=O)[O-].I. The van der Waals surface area contributed by atoms with Crippen molar-refractivity contribution in [3.8, 4) is 0 Å². The number of rotatable bonds is 8. The fraction of sp³-hybridized carbons (Fsp3) is 0.312. The van der Waals surface area contributed by atoms with Crippen molar-refractivity contribution in [3.63, 3.8) is 0 Å². The maximum Gasteiger partial charge on any atom is 0.292 e. The molecule has 0 spiro atoms. The predicted molar refractivity (Wildman–Crippen MR) is 114 cm³/mol. The van der Waals surface area contributed by atoms with Gasteiger partial charge in [0.1, 0.15) is 5.69 Å². The Balaban J connectivity index is 0.00000312. The van der Waals surface area contributed by atoms with E-state index in [1.165, 1.54) is 11.6 Å². The number of nitro groups is 1. The number of hydrogen-bond donors (Lipinski definition) is 3. The first-order valence-corrected chi connectivity index (χ1v) is 8.65. The lowest BCUT2D eigenvalue weighted by Gasteiger charge is -2.12. The minimum Gasteiger partial charge on any atom is -0.378 e. The molecule has 0 saturated carbocycles. The maximum absolute atomic E-state index is 11.0. The van der Waals surface area contributed by atoms with Crippen molar-refractivity contribution < 1.29 is 4.92 Å². The third-order valence-electron chi connectivity index (χ3n) is 3.18. The molecule has 0 bridgehead atoms. The van der Waals surface area contributed by atoms with Crippen LogP contribution >= 0.6 is 35.3 Å². The molecule has 0 unspecified atom stereocenters. The number of hydrogen-bond acceptors (Lipinski definition) is 5. The number of benzene rings is 1. The molecule has 7 nitrogen and oxygen atoms in total. The smallest absolute Gasteiger partial charge is 0.292 e. The molecule has 0 atom stereocenters. The van der Waals surface area contributed by atoms with E-state index in [1.54, 1.807) is 29.5 Å². The third-order valence-corrected chi connectivity index (χ3v) is 3.91. The minimum absolute atomic E-state index is 0. The summed E-state index contributed by atoms with van der Waals surface area (Å²) in [4.78, 5) is 15.1. The first-order chi connectivity index (χ1) is 11.7. The summed E-state index contributed by atoms with van der Waals surface area (Å²) in [7, 11) is 0. The van der Waals surface area contributed by atoms with Crippen LogP contribution in [0.25, 0.3) is 0 Å². The molecule has 9 heteroatoms. The minimum atomic E-state index is -0.387. The summed E-state index contributed by atoms with van der Waals surface area (Å²) < 4.78 is 0. The van der Waals surface area contributed by atoms with Crippen LogP contribution in [-0.4, -0.2) is 30.5 Å². The fourth-order valence-corrected chi connectivity index (χ4v) is 2.71. The van der Waals surface area contributed by atoms with Gasteiger partial charge in [-0.15, -0.1) is 24.0 Å². The van der Waals surface area contributed by atoms with Crippen LogP contribution in [0.15, 0.2) is 46.1 Å². The molecule has 0 saturated heterocycles. The van der Waals surface area contributed by atoms with Gasteiger partial charge in [-0.05, 0) is 35.4 Å². The molecule has 0 aliphatic rings. The lowest BCUT2D eigenvalue weighted by Crippen LogP contribution is -2.39. The number of nitro benzene ring substituents is 1. The van der Waals surface area contributed by atoms with E-state index in [1.807, 2.05) is 18.4 Å². The maximum atomic E-state index is 11.0. The summed E-state index contributed by atoms with van der Waals surface area (Å²) in [6.45, 7) is 4.55. The van der Waals surface area contributed by atoms with E-state index in [0.717, 1.165) is 12.5 Å². The highest BCUT2D eigenvalue weighted by atomic mass is 127. The Kier molecular flexibility index (Phi) is 9.85. The number of para-hydroxylation sites is 2. The van der Waals surface area contributed by atoms with Crippen molar-refractivity contribution in [3.05, 3.63) is 56.8 Å². The van der Waals surface area contributed by atoms with Gasteiger partial charge in [-0.2, -0.15) is 11.3 Å². The molecular weight excluding hydrogens is 453 g/mol. The van der Waals surface area contributed by atoms with Crippen molar-refractivity contribution in [2.75, 3.05) is 25.0 Å². The molecule has 25 heavy (non-hydrogen) atoms. The van der Waals surface area contributed by atoms with Gasteiger partial charge in [0.05, 0.1) is 11.5 Å². The summed E-state index contributed by atoms with van der Waals surface area (Å²) in [6, 6.07) is 8.67. The van der Waals surface area contributed by atoms with Gasteiger partial charge in [-0.1, -0.05) is 12.1 Å². The molecular formula is C16H22IN5O2S. The van der Waals surface area contributed by atoms with E-state index in [9.17, 15) is 10.1 Å². The highest BCUT2D eigenvalue weighted by Gasteiger charge is 2.11. The lowest BCUT2D eigenvalue weighted by molar-refractivity contribution is -0.384. The van der Waals surface area contributed by atoms with Gasteiger partial charge in [0.15, 0.2) is 5.96 Å². The molecule has 1 aromatic carbocycles. The molecule has 0 aliphatic heterocycles. The van der Waals surface area contributed by atoms with Crippen molar-refractivity contribution in [2.24, 2.45) is 4.99 Å².